The Kier molecular flexibility index (Phi) is 9.36. The van der Waals surface area contributed by atoms with E-state index in [-0.39, 0.29) is 25.0 Å². The van der Waals surface area contributed by atoms with Crippen molar-refractivity contribution < 1.29 is 24.3 Å². The number of aromatic hydroxyl groups is 1. The number of rotatable bonds is 13. The summed E-state index contributed by atoms with van der Waals surface area (Å²) in [5.74, 6) is -2.14. The molecule has 3 atom stereocenters. The summed E-state index contributed by atoms with van der Waals surface area (Å²) >= 11 is 0. The summed E-state index contributed by atoms with van der Waals surface area (Å²) in [5, 5.41) is 17.7. The van der Waals surface area contributed by atoms with E-state index in [1.54, 1.807) is 12.1 Å². The van der Waals surface area contributed by atoms with Gasteiger partial charge in [0.2, 0.25) is 23.6 Å². The first kappa shape index (κ1) is 29.3. The van der Waals surface area contributed by atoms with Gasteiger partial charge in [-0.25, -0.2) is 0 Å². The zero-order valence-electron chi connectivity index (χ0n) is 22.6. The van der Waals surface area contributed by atoms with Crippen molar-refractivity contribution in [1.82, 2.24) is 16.0 Å². The Morgan fingerprint density at radius 3 is 1.73 bits per heavy atom. The Hall–Kier alpha value is -4.70. The largest absolute Gasteiger partial charge is 0.508 e. The number of nitrogens with one attached hydrogen (secondary N) is 3. The first-order valence-electron chi connectivity index (χ1n) is 13.5. The highest BCUT2D eigenvalue weighted by molar-refractivity contribution is 5.98. The molecule has 0 bridgehead atoms. The molecule has 0 aliphatic heterocycles. The van der Waals surface area contributed by atoms with Crippen LogP contribution in [0.3, 0.4) is 0 Å². The summed E-state index contributed by atoms with van der Waals surface area (Å²) in [5.41, 5.74) is 12.9. The van der Waals surface area contributed by atoms with Crippen molar-refractivity contribution >= 4 is 23.6 Å². The predicted octanol–water partition coefficient (Wildman–Crippen LogP) is 0.851. The number of phenolic OH excluding ortho intramolecular Hbond substituents is 1. The summed E-state index contributed by atoms with van der Waals surface area (Å²) in [4.78, 5) is 51.9. The van der Waals surface area contributed by atoms with Gasteiger partial charge in [0.1, 0.15) is 23.4 Å². The zero-order chi connectivity index (χ0) is 29.4. The molecule has 3 aromatic carbocycles. The summed E-state index contributed by atoms with van der Waals surface area (Å²) in [6.45, 7) is 0. The summed E-state index contributed by atoms with van der Waals surface area (Å²) in [6.07, 6.45) is 1.38. The third kappa shape index (κ3) is 8.15. The van der Waals surface area contributed by atoms with Gasteiger partial charge in [-0.05, 0) is 48.1 Å². The molecule has 214 valence electrons. The first-order valence-corrected chi connectivity index (χ1v) is 13.5. The molecule has 1 fully saturated rings. The van der Waals surface area contributed by atoms with Gasteiger partial charge in [0.05, 0.1) is 6.04 Å². The van der Waals surface area contributed by atoms with E-state index in [2.05, 4.69) is 16.0 Å². The van der Waals surface area contributed by atoms with E-state index >= 15 is 0 Å². The van der Waals surface area contributed by atoms with Gasteiger partial charge >= 0.3 is 0 Å². The molecule has 4 rings (SSSR count). The maximum Gasteiger partial charge on any atom is 0.246 e. The molecule has 1 saturated carbocycles. The van der Waals surface area contributed by atoms with Gasteiger partial charge in [0.15, 0.2) is 0 Å². The normalized spacial score (nSPS) is 15.5. The molecular formula is C31H35N5O5. The standard InChI is InChI=1S/C31H35N5O5/c32-24(17-22-11-13-23(37)14-12-22)28(39)36-31(15-16-31)30(41)35-26(19-21-9-5-2-6-10-21)29(40)34-25(27(33)38)18-20-7-3-1-4-8-20/h1-14,24-26,37H,15-19,32H2,(H2,33,38)(H,34,40)(H,35,41)(H,36,39). The number of carbonyl (C=O) groups is 4. The van der Waals surface area contributed by atoms with Gasteiger partial charge in [-0.1, -0.05) is 72.8 Å². The van der Waals surface area contributed by atoms with Crippen molar-refractivity contribution in [2.75, 3.05) is 0 Å². The number of nitrogens with two attached hydrogens (primary N) is 2. The van der Waals surface area contributed by atoms with Gasteiger partial charge in [-0.3, -0.25) is 19.2 Å². The Morgan fingerprint density at radius 2 is 1.22 bits per heavy atom. The molecule has 10 heteroatoms. The van der Waals surface area contributed by atoms with Crippen LogP contribution in [-0.2, 0) is 38.4 Å². The van der Waals surface area contributed by atoms with Crippen LogP contribution in [0.4, 0.5) is 0 Å². The van der Waals surface area contributed by atoms with Crippen LogP contribution in [0.15, 0.2) is 84.9 Å². The molecule has 0 spiro atoms. The highest BCUT2D eigenvalue weighted by atomic mass is 16.3. The zero-order valence-corrected chi connectivity index (χ0v) is 22.6. The van der Waals surface area contributed by atoms with E-state index in [0.717, 1.165) is 16.7 Å². The highest BCUT2D eigenvalue weighted by Crippen LogP contribution is 2.36. The minimum atomic E-state index is -1.17. The van der Waals surface area contributed by atoms with Crippen molar-refractivity contribution in [1.29, 1.82) is 0 Å². The molecule has 8 N–H and O–H groups in total. The minimum Gasteiger partial charge on any atom is -0.508 e. The lowest BCUT2D eigenvalue weighted by Gasteiger charge is -2.25. The fourth-order valence-corrected chi connectivity index (χ4v) is 4.54. The lowest BCUT2D eigenvalue weighted by atomic mass is 10.0. The van der Waals surface area contributed by atoms with Crippen LogP contribution < -0.4 is 27.4 Å². The van der Waals surface area contributed by atoms with E-state index in [4.69, 9.17) is 11.5 Å². The molecule has 3 aromatic rings. The monoisotopic (exact) mass is 557 g/mol. The van der Waals surface area contributed by atoms with Gasteiger partial charge in [-0.15, -0.1) is 0 Å². The summed E-state index contributed by atoms with van der Waals surface area (Å²) < 4.78 is 0. The van der Waals surface area contributed by atoms with Crippen LogP contribution in [0.2, 0.25) is 0 Å². The highest BCUT2D eigenvalue weighted by Gasteiger charge is 2.52. The second-order valence-electron chi connectivity index (χ2n) is 10.4. The van der Waals surface area contributed by atoms with E-state index in [0.29, 0.717) is 12.8 Å². The molecule has 0 saturated heterocycles. The van der Waals surface area contributed by atoms with Crippen LogP contribution in [-0.4, -0.2) is 52.4 Å². The smallest absolute Gasteiger partial charge is 0.246 e. The van der Waals surface area contributed by atoms with Gasteiger partial charge in [0, 0.05) is 12.8 Å². The molecule has 41 heavy (non-hydrogen) atoms. The predicted molar refractivity (Wildman–Crippen MR) is 153 cm³/mol. The van der Waals surface area contributed by atoms with E-state index < -0.39 is 47.3 Å². The molecule has 4 amide bonds. The SMILES string of the molecule is NC(=O)C(Cc1ccccc1)NC(=O)C(Cc1ccccc1)NC(=O)C1(NC(=O)C(N)Cc2ccc(O)cc2)CC1. The number of carbonyl (C=O) groups excluding carboxylic acids is 4. The second-order valence-corrected chi connectivity index (χ2v) is 10.4. The molecule has 10 nitrogen and oxygen atoms in total. The Morgan fingerprint density at radius 1 is 0.707 bits per heavy atom. The number of amides is 4. The first-order chi connectivity index (χ1) is 19.6. The quantitative estimate of drug-likeness (QED) is 0.181. The number of benzene rings is 3. The molecule has 3 unspecified atom stereocenters. The van der Waals surface area contributed by atoms with Crippen molar-refractivity contribution in [2.45, 2.75) is 55.8 Å². The summed E-state index contributed by atoms with van der Waals surface area (Å²) in [7, 11) is 0. The molecule has 1 aliphatic carbocycles. The van der Waals surface area contributed by atoms with Crippen molar-refractivity contribution in [3.8, 4) is 5.75 Å². The van der Waals surface area contributed by atoms with Crippen LogP contribution >= 0.6 is 0 Å². The average Bonchev–Trinajstić information content (AvgIpc) is 3.75. The fraction of sp³-hybridized carbons (Fsp3) is 0.290. The Balaban J connectivity index is 1.44. The third-order valence-corrected chi connectivity index (χ3v) is 7.12. The van der Waals surface area contributed by atoms with Crippen molar-refractivity contribution in [3.05, 3.63) is 102 Å². The molecule has 0 heterocycles. The van der Waals surface area contributed by atoms with Crippen LogP contribution in [0, 0.1) is 0 Å². The number of primary amides is 1. The fourth-order valence-electron chi connectivity index (χ4n) is 4.54. The molecular weight excluding hydrogens is 522 g/mol. The second kappa shape index (κ2) is 13.1. The van der Waals surface area contributed by atoms with Crippen LogP contribution in [0.5, 0.6) is 5.75 Å². The maximum atomic E-state index is 13.4. The van der Waals surface area contributed by atoms with Crippen molar-refractivity contribution in [2.24, 2.45) is 11.5 Å². The van der Waals surface area contributed by atoms with Gasteiger partial charge in [0.25, 0.3) is 0 Å². The minimum absolute atomic E-state index is 0.108. The van der Waals surface area contributed by atoms with Crippen LogP contribution in [0.1, 0.15) is 29.5 Å². The number of hydrogen-bond donors (Lipinski definition) is 6. The lowest BCUT2D eigenvalue weighted by Crippen LogP contribution is -2.59. The van der Waals surface area contributed by atoms with E-state index in [1.165, 1.54) is 12.1 Å². The topological polar surface area (TPSA) is 177 Å². The molecule has 0 radical (unpaired) electrons. The molecule has 0 aromatic heterocycles. The maximum absolute atomic E-state index is 13.4. The Bertz CT molecular complexity index is 1360. The van der Waals surface area contributed by atoms with Gasteiger partial charge < -0.3 is 32.5 Å². The molecule has 1 aliphatic rings. The lowest BCUT2D eigenvalue weighted by molar-refractivity contribution is -0.134. The average molecular weight is 558 g/mol. The third-order valence-electron chi connectivity index (χ3n) is 7.12. The summed E-state index contributed by atoms with van der Waals surface area (Å²) in [6, 6.07) is 21.8. The number of hydrogen-bond acceptors (Lipinski definition) is 6. The van der Waals surface area contributed by atoms with E-state index in [1.807, 2.05) is 60.7 Å². The van der Waals surface area contributed by atoms with Crippen molar-refractivity contribution in [3.63, 3.8) is 0 Å². The number of phenols is 1. The van der Waals surface area contributed by atoms with E-state index in [9.17, 15) is 24.3 Å². The Labute approximate surface area is 238 Å². The van der Waals surface area contributed by atoms with Gasteiger partial charge in [-0.2, -0.15) is 0 Å². The van der Waals surface area contributed by atoms with Crippen LogP contribution in [0.25, 0.3) is 0 Å².